The summed E-state index contributed by atoms with van der Waals surface area (Å²) in [5.74, 6) is -0.604. The van der Waals surface area contributed by atoms with E-state index in [4.69, 9.17) is 0 Å². The van der Waals surface area contributed by atoms with Gasteiger partial charge in [-0.3, -0.25) is 4.79 Å². The summed E-state index contributed by atoms with van der Waals surface area (Å²) in [4.78, 5) is 12.2. The summed E-state index contributed by atoms with van der Waals surface area (Å²) in [5.41, 5.74) is 2.85. The molecule has 0 bridgehead atoms. The highest BCUT2D eigenvalue weighted by Gasteiger charge is 2.21. The smallest absolute Gasteiger partial charge is 0.251 e. The van der Waals surface area contributed by atoms with Gasteiger partial charge in [0.25, 0.3) is 5.91 Å². The predicted octanol–water partition coefficient (Wildman–Crippen LogP) is 3.63. The Kier molecular flexibility index (Phi) is 3.50. The maximum atomic E-state index is 13.2. The fraction of sp³-hybridized carbons (Fsp3) is 0.235. The van der Waals surface area contributed by atoms with E-state index in [0.29, 0.717) is 5.56 Å². The van der Waals surface area contributed by atoms with Crippen molar-refractivity contribution in [3.8, 4) is 0 Å². The summed E-state index contributed by atoms with van der Waals surface area (Å²) < 4.78 is 13.2. The van der Waals surface area contributed by atoms with Gasteiger partial charge in [-0.15, -0.1) is 0 Å². The number of aryl methyl sites for hydroxylation is 1. The van der Waals surface area contributed by atoms with Crippen molar-refractivity contribution in [2.45, 2.75) is 25.3 Å². The molecule has 0 saturated carbocycles. The summed E-state index contributed by atoms with van der Waals surface area (Å²) in [5, 5.41) is 3.01. The molecule has 102 valence electrons. The fourth-order valence-electron chi connectivity index (χ4n) is 2.78. The first-order valence-electron chi connectivity index (χ1n) is 6.88. The molecule has 1 N–H and O–H groups in total. The molecule has 1 amide bonds. The zero-order valence-corrected chi connectivity index (χ0v) is 11.1. The summed E-state index contributed by atoms with van der Waals surface area (Å²) in [6.45, 7) is 0. The largest absolute Gasteiger partial charge is 0.345 e. The Morgan fingerprint density at radius 1 is 1.15 bits per heavy atom. The van der Waals surface area contributed by atoms with Gasteiger partial charge in [0.05, 0.1) is 6.04 Å². The highest BCUT2D eigenvalue weighted by atomic mass is 19.1. The third-order valence-electron chi connectivity index (χ3n) is 3.76. The van der Waals surface area contributed by atoms with Gasteiger partial charge in [0, 0.05) is 5.56 Å². The molecule has 3 heteroatoms. The highest BCUT2D eigenvalue weighted by molar-refractivity contribution is 5.94. The van der Waals surface area contributed by atoms with E-state index >= 15 is 0 Å². The molecule has 0 heterocycles. The minimum atomic E-state index is -0.387. The van der Waals surface area contributed by atoms with Crippen LogP contribution in [0.1, 0.15) is 40.4 Å². The number of hydrogen-bond donors (Lipinski definition) is 1. The van der Waals surface area contributed by atoms with Gasteiger partial charge in [-0.25, -0.2) is 4.39 Å². The van der Waals surface area contributed by atoms with Crippen molar-refractivity contribution in [1.82, 2.24) is 5.32 Å². The molecule has 3 rings (SSSR count). The van der Waals surface area contributed by atoms with E-state index in [1.807, 2.05) is 12.1 Å². The number of benzene rings is 2. The molecule has 0 radical (unpaired) electrons. The van der Waals surface area contributed by atoms with Gasteiger partial charge < -0.3 is 5.32 Å². The van der Waals surface area contributed by atoms with E-state index < -0.39 is 0 Å². The second-order valence-corrected chi connectivity index (χ2v) is 5.13. The van der Waals surface area contributed by atoms with E-state index in [-0.39, 0.29) is 17.8 Å². The first kappa shape index (κ1) is 12.9. The predicted molar refractivity (Wildman–Crippen MR) is 76.0 cm³/mol. The Morgan fingerprint density at radius 2 is 2.00 bits per heavy atom. The molecule has 1 atom stereocenters. The van der Waals surface area contributed by atoms with E-state index in [1.165, 1.54) is 23.3 Å². The maximum Gasteiger partial charge on any atom is 0.251 e. The molecule has 1 aliphatic carbocycles. The minimum Gasteiger partial charge on any atom is -0.345 e. The monoisotopic (exact) mass is 269 g/mol. The molecule has 0 aliphatic heterocycles. The maximum absolute atomic E-state index is 13.2. The van der Waals surface area contributed by atoms with Gasteiger partial charge in [-0.2, -0.15) is 0 Å². The second-order valence-electron chi connectivity index (χ2n) is 5.13. The number of halogens is 1. The number of rotatable bonds is 2. The third kappa shape index (κ3) is 2.57. The van der Waals surface area contributed by atoms with Crippen LogP contribution in [0.2, 0.25) is 0 Å². The molecule has 1 unspecified atom stereocenters. The van der Waals surface area contributed by atoms with Crippen molar-refractivity contribution >= 4 is 5.91 Å². The van der Waals surface area contributed by atoms with Gasteiger partial charge in [0.2, 0.25) is 0 Å². The molecule has 0 spiro atoms. The number of hydrogen-bond acceptors (Lipinski definition) is 1. The first-order chi connectivity index (χ1) is 9.74. The molecule has 0 aromatic heterocycles. The average molecular weight is 269 g/mol. The Hall–Kier alpha value is -2.16. The molecular weight excluding hydrogens is 253 g/mol. The molecule has 2 aromatic carbocycles. The molecular formula is C17H16FNO. The molecule has 20 heavy (non-hydrogen) atoms. The quantitative estimate of drug-likeness (QED) is 0.886. The van der Waals surface area contributed by atoms with Crippen LogP contribution >= 0.6 is 0 Å². The Balaban J connectivity index is 1.81. The van der Waals surface area contributed by atoms with Gasteiger partial charge >= 0.3 is 0 Å². The van der Waals surface area contributed by atoms with Gasteiger partial charge in [0.1, 0.15) is 5.82 Å². The summed E-state index contributed by atoms with van der Waals surface area (Å²) in [7, 11) is 0. The molecule has 1 aliphatic rings. The van der Waals surface area contributed by atoms with Crippen molar-refractivity contribution in [1.29, 1.82) is 0 Å². The lowest BCUT2D eigenvalue weighted by molar-refractivity contribution is 0.0932. The lowest BCUT2D eigenvalue weighted by atomic mass is 9.87. The third-order valence-corrected chi connectivity index (χ3v) is 3.76. The van der Waals surface area contributed by atoms with E-state index in [2.05, 4.69) is 17.4 Å². The topological polar surface area (TPSA) is 29.1 Å². The molecule has 0 saturated heterocycles. The number of fused-ring (bicyclic) bond motifs is 1. The molecule has 2 aromatic rings. The van der Waals surface area contributed by atoms with Crippen LogP contribution in [-0.2, 0) is 6.42 Å². The SMILES string of the molecule is O=C(NC1CCCc2ccccc21)c1cccc(F)c1. The first-order valence-corrected chi connectivity index (χ1v) is 6.88. The van der Waals surface area contributed by atoms with Crippen LogP contribution in [0, 0.1) is 5.82 Å². The number of amides is 1. The van der Waals surface area contributed by atoms with Crippen LogP contribution in [0.15, 0.2) is 48.5 Å². The minimum absolute atomic E-state index is 0.0238. The van der Waals surface area contributed by atoms with Gasteiger partial charge in [-0.05, 0) is 48.6 Å². The van der Waals surface area contributed by atoms with Crippen LogP contribution in [0.4, 0.5) is 4.39 Å². The van der Waals surface area contributed by atoms with Crippen LogP contribution in [0.5, 0.6) is 0 Å². The average Bonchev–Trinajstić information content (AvgIpc) is 2.47. The second kappa shape index (κ2) is 5.45. The van der Waals surface area contributed by atoms with Crippen LogP contribution in [0.25, 0.3) is 0 Å². The Labute approximate surface area is 117 Å². The van der Waals surface area contributed by atoms with Crippen LogP contribution < -0.4 is 5.32 Å². The lowest BCUT2D eigenvalue weighted by Crippen LogP contribution is -2.31. The fourth-order valence-corrected chi connectivity index (χ4v) is 2.78. The number of nitrogens with one attached hydrogen (secondary N) is 1. The number of carbonyl (C=O) groups excluding carboxylic acids is 1. The van der Waals surface area contributed by atoms with Gasteiger partial charge in [0.15, 0.2) is 0 Å². The van der Waals surface area contributed by atoms with Crippen molar-refractivity contribution in [3.05, 3.63) is 71.0 Å². The van der Waals surface area contributed by atoms with Gasteiger partial charge in [-0.1, -0.05) is 30.3 Å². The van der Waals surface area contributed by atoms with Crippen molar-refractivity contribution in [3.63, 3.8) is 0 Å². The van der Waals surface area contributed by atoms with Crippen LogP contribution in [0.3, 0.4) is 0 Å². The summed E-state index contributed by atoms with van der Waals surface area (Å²) in [6, 6.07) is 14.0. The highest BCUT2D eigenvalue weighted by Crippen LogP contribution is 2.29. The van der Waals surface area contributed by atoms with Crippen molar-refractivity contribution in [2.24, 2.45) is 0 Å². The van der Waals surface area contributed by atoms with E-state index in [9.17, 15) is 9.18 Å². The number of carbonyl (C=O) groups is 1. The van der Waals surface area contributed by atoms with Crippen LogP contribution in [-0.4, -0.2) is 5.91 Å². The summed E-state index contributed by atoms with van der Waals surface area (Å²) >= 11 is 0. The Morgan fingerprint density at radius 3 is 2.85 bits per heavy atom. The van der Waals surface area contributed by atoms with Crippen molar-refractivity contribution < 1.29 is 9.18 Å². The summed E-state index contributed by atoms with van der Waals surface area (Å²) in [6.07, 6.45) is 3.05. The normalized spacial score (nSPS) is 17.4. The molecule has 0 fully saturated rings. The van der Waals surface area contributed by atoms with E-state index in [0.717, 1.165) is 19.3 Å². The lowest BCUT2D eigenvalue weighted by Gasteiger charge is -2.26. The molecule has 2 nitrogen and oxygen atoms in total. The zero-order chi connectivity index (χ0) is 13.9. The standard InChI is InChI=1S/C17H16FNO/c18-14-8-3-7-13(11-14)17(20)19-16-10-4-6-12-5-1-2-9-15(12)16/h1-3,5,7-9,11,16H,4,6,10H2,(H,19,20). The Bertz CT molecular complexity index is 638. The van der Waals surface area contributed by atoms with Crippen molar-refractivity contribution in [2.75, 3.05) is 0 Å². The van der Waals surface area contributed by atoms with E-state index in [1.54, 1.807) is 12.1 Å². The zero-order valence-electron chi connectivity index (χ0n) is 11.1.